The van der Waals surface area contributed by atoms with Crippen LogP contribution in [0.25, 0.3) is 11.3 Å². The first kappa shape index (κ1) is 21.1. The Bertz CT molecular complexity index is 1570. The highest BCUT2D eigenvalue weighted by Crippen LogP contribution is 2.09. The molecule has 0 saturated heterocycles. The molecule has 9 heteroatoms. The summed E-state index contributed by atoms with van der Waals surface area (Å²) in [5, 5.41) is 5.66. The van der Waals surface area contributed by atoms with E-state index in [0.717, 1.165) is 5.56 Å². The molecule has 2 amide bonds. The Kier molecular flexibility index (Phi) is 5.57. The number of hydrogen-bond acceptors (Lipinski definition) is 5. The molecular weight excluding hydrogens is 432 g/mol. The van der Waals surface area contributed by atoms with Crippen LogP contribution < -0.4 is 16.2 Å². The topological polar surface area (TPSA) is 110 Å². The first-order chi connectivity index (χ1) is 16.6. The SMILES string of the molecule is O=C(NCc1ccc2nc(CNC(=O)c3cc(=O)n4ccccc4n3)cn2c1)c1ccccc1. The Labute approximate surface area is 193 Å². The zero-order valence-corrected chi connectivity index (χ0v) is 18.0. The molecule has 9 nitrogen and oxygen atoms in total. The third-order valence-corrected chi connectivity index (χ3v) is 5.28. The van der Waals surface area contributed by atoms with Gasteiger partial charge in [-0.2, -0.15) is 0 Å². The van der Waals surface area contributed by atoms with E-state index in [0.29, 0.717) is 29.1 Å². The predicted molar refractivity (Wildman–Crippen MR) is 125 cm³/mol. The number of carbonyl (C=O) groups excluding carboxylic acids is 2. The van der Waals surface area contributed by atoms with Crippen molar-refractivity contribution in [1.29, 1.82) is 0 Å². The van der Waals surface area contributed by atoms with Crippen LogP contribution in [0.4, 0.5) is 0 Å². The van der Waals surface area contributed by atoms with Crippen molar-refractivity contribution in [3.05, 3.63) is 118 Å². The van der Waals surface area contributed by atoms with Crippen molar-refractivity contribution in [2.24, 2.45) is 0 Å². The van der Waals surface area contributed by atoms with Gasteiger partial charge in [0.15, 0.2) is 0 Å². The second-order valence-electron chi connectivity index (χ2n) is 7.67. The molecule has 0 fully saturated rings. The van der Waals surface area contributed by atoms with Crippen molar-refractivity contribution >= 4 is 23.1 Å². The smallest absolute Gasteiger partial charge is 0.270 e. The van der Waals surface area contributed by atoms with Gasteiger partial charge in [-0.05, 0) is 35.9 Å². The fourth-order valence-electron chi connectivity index (χ4n) is 3.59. The minimum Gasteiger partial charge on any atom is -0.348 e. The molecule has 0 saturated carbocycles. The molecule has 0 aliphatic heterocycles. The van der Waals surface area contributed by atoms with Gasteiger partial charge in [-0.3, -0.25) is 18.8 Å². The van der Waals surface area contributed by atoms with E-state index in [2.05, 4.69) is 20.6 Å². The molecule has 2 N–H and O–H groups in total. The summed E-state index contributed by atoms with van der Waals surface area (Å²) in [5.41, 5.74) is 3.01. The molecule has 0 bridgehead atoms. The summed E-state index contributed by atoms with van der Waals surface area (Å²) < 4.78 is 3.21. The number of pyridine rings is 2. The molecule has 168 valence electrons. The lowest BCUT2D eigenvalue weighted by molar-refractivity contribution is 0.0940. The van der Waals surface area contributed by atoms with E-state index in [9.17, 15) is 14.4 Å². The van der Waals surface area contributed by atoms with Gasteiger partial charge in [-0.25, -0.2) is 9.97 Å². The number of carbonyl (C=O) groups is 2. The summed E-state index contributed by atoms with van der Waals surface area (Å²) >= 11 is 0. The number of imidazole rings is 1. The summed E-state index contributed by atoms with van der Waals surface area (Å²) in [6, 6.07) is 19.1. The van der Waals surface area contributed by atoms with Crippen molar-refractivity contribution in [2.75, 3.05) is 0 Å². The van der Waals surface area contributed by atoms with Crippen molar-refractivity contribution in [3.63, 3.8) is 0 Å². The molecule has 0 aliphatic carbocycles. The lowest BCUT2D eigenvalue weighted by Gasteiger charge is -2.06. The van der Waals surface area contributed by atoms with Gasteiger partial charge in [0.25, 0.3) is 17.4 Å². The van der Waals surface area contributed by atoms with Crippen LogP contribution in [-0.2, 0) is 13.1 Å². The quantitative estimate of drug-likeness (QED) is 0.411. The van der Waals surface area contributed by atoms with Gasteiger partial charge in [0, 0.05) is 36.8 Å². The highest BCUT2D eigenvalue weighted by molar-refractivity contribution is 5.94. The maximum Gasteiger partial charge on any atom is 0.270 e. The van der Waals surface area contributed by atoms with Gasteiger partial charge in [-0.15, -0.1) is 0 Å². The molecule has 0 atom stereocenters. The maximum atomic E-state index is 12.6. The van der Waals surface area contributed by atoms with Crippen LogP contribution in [0.1, 0.15) is 32.1 Å². The zero-order chi connectivity index (χ0) is 23.5. The number of fused-ring (bicyclic) bond motifs is 2. The predicted octanol–water partition coefficient (Wildman–Crippen LogP) is 2.20. The molecule has 4 aromatic heterocycles. The monoisotopic (exact) mass is 452 g/mol. The largest absolute Gasteiger partial charge is 0.348 e. The van der Waals surface area contributed by atoms with Gasteiger partial charge in [0.2, 0.25) is 0 Å². The number of rotatable bonds is 6. The first-order valence-electron chi connectivity index (χ1n) is 10.6. The van der Waals surface area contributed by atoms with Gasteiger partial charge in [-0.1, -0.05) is 30.3 Å². The van der Waals surface area contributed by atoms with Crippen LogP contribution in [0, 0.1) is 0 Å². The molecule has 0 radical (unpaired) electrons. The molecule has 0 unspecified atom stereocenters. The van der Waals surface area contributed by atoms with Gasteiger partial charge < -0.3 is 15.0 Å². The summed E-state index contributed by atoms with van der Waals surface area (Å²) in [6.07, 6.45) is 5.29. The van der Waals surface area contributed by atoms with Gasteiger partial charge in [0.05, 0.1) is 12.2 Å². The summed E-state index contributed by atoms with van der Waals surface area (Å²) in [7, 11) is 0. The maximum absolute atomic E-state index is 12.6. The zero-order valence-electron chi connectivity index (χ0n) is 18.0. The van der Waals surface area contributed by atoms with E-state index in [4.69, 9.17) is 0 Å². The molecule has 1 aromatic carbocycles. The Morgan fingerprint density at radius 1 is 0.794 bits per heavy atom. The lowest BCUT2D eigenvalue weighted by atomic mass is 10.2. The van der Waals surface area contributed by atoms with Gasteiger partial charge in [0.1, 0.15) is 17.0 Å². The van der Waals surface area contributed by atoms with E-state index in [1.807, 2.05) is 40.9 Å². The highest BCUT2D eigenvalue weighted by atomic mass is 16.2. The summed E-state index contributed by atoms with van der Waals surface area (Å²) in [4.78, 5) is 45.8. The standard InChI is InChI=1S/C25H20N6O3/c32-23-12-20(29-22-8-4-5-11-31(22)23)25(34)27-14-19-16-30-15-17(9-10-21(30)28-19)13-26-24(33)18-6-2-1-3-7-18/h1-12,15-16H,13-14H2,(H,26,33)(H,27,34). The Hall–Kier alpha value is -4.79. The number of aromatic nitrogens is 4. The van der Waals surface area contributed by atoms with E-state index >= 15 is 0 Å². The van der Waals surface area contributed by atoms with Crippen LogP contribution in [0.2, 0.25) is 0 Å². The fourth-order valence-corrected chi connectivity index (χ4v) is 3.59. The highest BCUT2D eigenvalue weighted by Gasteiger charge is 2.12. The van der Waals surface area contributed by atoms with Crippen molar-refractivity contribution in [3.8, 4) is 0 Å². The number of nitrogens with one attached hydrogen (secondary N) is 2. The van der Waals surface area contributed by atoms with Crippen LogP contribution >= 0.6 is 0 Å². The van der Waals surface area contributed by atoms with E-state index < -0.39 is 5.91 Å². The third kappa shape index (κ3) is 4.40. The van der Waals surface area contributed by atoms with E-state index in [1.165, 1.54) is 10.5 Å². The van der Waals surface area contributed by atoms with Crippen LogP contribution in [0.5, 0.6) is 0 Å². The molecule has 34 heavy (non-hydrogen) atoms. The average molecular weight is 452 g/mol. The summed E-state index contributed by atoms with van der Waals surface area (Å²) in [5.74, 6) is -0.596. The van der Waals surface area contributed by atoms with E-state index in [1.54, 1.807) is 42.7 Å². The molecule has 5 rings (SSSR count). The van der Waals surface area contributed by atoms with Crippen LogP contribution in [0.3, 0.4) is 0 Å². The minimum absolute atomic E-state index is 0.0522. The third-order valence-electron chi connectivity index (χ3n) is 5.28. The normalized spacial score (nSPS) is 10.9. The lowest BCUT2D eigenvalue weighted by Crippen LogP contribution is -2.27. The van der Waals surface area contributed by atoms with Crippen molar-refractivity contribution in [1.82, 2.24) is 29.4 Å². The second kappa shape index (κ2) is 8.99. The second-order valence-corrected chi connectivity index (χ2v) is 7.67. The van der Waals surface area contributed by atoms with Crippen LogP contribution in [-0.4, -0.2) is 30.6 Å². The molecule has 5 aromatic rings. The first-order valence-corrected chi connectivity index (χ1v) is 10.6. The molecule has 0 aliphatic rings. The molecule has 0 spiro atoms. The molecular formula is C25H20N6O3. The summed E-state index contributed by atoms with van der Waals surface area (Å²) in [6.45, 7) is 0.549. The Balaban J connectivity index is 1.24. The number of nitrogens with zero attached hydrogens (tertiary/aromatic N) is 4. The van der Waals surface area contributed by atoms with Crippen molar-refractivity contribution < 1.29 is 9.59 Å². The van der Waals surface area contributed by atoms with E-state index in [-0.39, 0.29) is 23.7 Å². The van der Waals surface area contributed by atoms with Crippen molar-refractivity contribution in [2.45, 2.75) is 13.1 Å². The average Bonchev–Trinajstić information content (AvgIpc) is 3.28. The number of amides is 2. The van der Waals surface area contributed by atoms with Gasteiger partial charge >= 0.3 is 0 Å². The minimum atomic E-state index is -0.454. The van der Waals surface area contributed by atoms with Crippen LogP contribution in [0.15, 0.2) is 90.1 Å². The number of benzene rings is 1. The Morgan fingerprint density at radius 3 is 2.44 bits per heavy atom. The molecule has 4 heterocycles. The Morgan fingerprint density at radius 2 is 1.59 bits per heavy atom. The fraction of sp³-hybridized carbons (Fsp3) is 0.0800. The number of hydrogen-bond donors (Lipinski definition) is 2.